The van der Waals surface area contributed by atoms with Crippen molar-refractivity contribution in [2.45, 2.75) is 33.7 Å². The minimum Gasteiger partial charge on any atom is -0.298 e. The van der Waals surface area contributed by atoms with Gasteiger partial charge in [0.1, 0.15) is 5.69 Å². The van der Waals surface area contributed by atoms with Gasteiger partial charge in [0, 0.05) is 23.9 Å². The summed E-state index contributed by atoms with van der Waals surface area (Å²) >= 11 is 1.22. The number of Topliss-reactive ketones (excluding diaryl/α,β-unsaturated/α-hetero) is 1. The van der Waals surface area contributed by atoms with Crippen molar-refractivity contribution < 1.29 is 9.59 Å². The third kappa shape index (κ3) is 3.61. The molecule has 0 spiro atoms. The zero-order valence-corrected chi connectivity index (χ0v) is 17.9. The normalized spacial score (nSPS) is 11.2. The first-order valence-corrected chi connectivity index (χ1v) is 10.4. The zero-order valence-electron chi connectivity index (χ0n) is 17.1. The molecular weight excluding hydrogens is 398 g/mol. The molecule has 3 heterocycles. The first-order chi connectivity index (χ1) is 14.3. The third-order valence-corrected chi connectivity index (χ3v) is 5.56. The lowest BCUT2D eigenvalue weighted by Crippen LogP contribution is -2.13. The van der Waals surface area contributed by atoms with E-state index in [2.05, 4.69) is 15.4 Å². The molecule has 0 fully saturated rings. The van der Waals surface area contributed by atoms with E-state index in [1.165, 1.54) is 18.3 Å². The van der Waals surface area contributed by atoms with Gasteiger partial charge in [-0.15, -0.1) is 11.3 Å². The van der Waals surface area contributed by atoms with Gasteiger partial charge < -0.3 is 0 Å². The SMILES string of the molecule is CC(=O)c1csc(NC(=O)c2cc(-c3ccccc3C)nc3c2cnn3C(C)C)n1. The number of aromatic nitrogens is 4. The molecule has 0 aliphatic carbocycles. The number of nitrogens with one attached hydrogen (secondary N) is 1. The fourth-order valence-electron chi connectivity index (χ4n) is 3.24. The van der Waals surface area contributed by atoms with Crippen molar-refractivity contribution in [1.82, 2.24) is 19.7 Å². The Balaban J connectivity index is 1.84. The molecule has 0 aliphatic rings. The van der Waals surface area contributed by atoms with E-state index < -0.39 is 0 Å². The van der Waals surface area contributed by atoms with Crippen LogP contribution in [0.5, 0.6) is 0 Å². The minimum atomic E-state index is -0.315. The van der Waals surface area contributed by atoms with Gasteiger partial charge in [-0.1, -0.05) is 24.3 Å². The van der Waals surface area contributed by atoms with Crippen LogP contribution in [-0.4, -0.2) is 31.4 Å². The minimum absolute atomic E-state index is 0.0927. The van der Waals surface area contributed by atoms with E-state index in [1.807, 2.05) is 49.7 Å². The largest absolute Gasteiger partial charge is 0.298 e. The van der Waals surface area contributed by atoms with E-state index in [0.29, 0.717) is 33.1 Å². The number of fused-ring (bicyclic) bond motifs is 1. The van der Waals surface area contributed by atoms with Crippen molar-refractivity contribution in [1.29, 1.82) is 0 Å². The molecule has 4 rings (SSSR count). The standard InChI is InChI=1S/C22H21N5O2S/c1-12(2)27-20-17(10-23-27)16(9-18(24-20)15-8-6-5-7-13(15)3)21(29)26-22-25-19(11-30-22)14(4)28/h5-12H,1-4H3,(H,25,26,29). The molecule has 0 aliphatic heterocycles. The molecule has 1 aromatic carbocycles. The van der Waals surface area contributed by atoms with Crippen molar-refractivity contribution in [3.05, 3.63) is 58.7 Å². The number of carbonyl (C=O) groups excluding carboxylic acids is 2. The Kier molecular flexibility index (Phi) is 5.17. The van der Waals surface area contributed by atoms with E-state index >= 15 is 0 Å². The number of hydrogen-bond donors (Lipinski definition) is 1. The molecular formula is C22H21N5O2S. The Morgan fingerprint density at radius 2 is 1.93 bits per heavy atom. The molecule has 0 unspecified atom stereocenters. The monoisotopic (exact) mass is 419 g/mol. The predicted molar refractivity (Wildman–Crippen MR) is 118 cm³/mol. The summed E-state index contributed by atoms with van der Waals surface area (Å²) in [6.45, 7) is 7.50. The quantitative estimate of drug-likeness (QED) is 0.465. The van der Waals surface area contributed by atoms with Gasteiger partial charge in [-0.2, -0.15) is 5.10 Å². The molecule has 3 aromatic heterocycles. The number of amides is 1. The second kappa shape index (κ2) is 7.79. The third-order valence-electron chi connectivity index (χ3n) is 4.81. The van der Waals surface area contributed by atoms with Gasteiger partial charge >= 0.3 is 0 Å². The van der Waals surface area contributed by atoms with Crippen molar-refractivity contribution in [3.63, 3.8) is 0 Å². The van der Waals surface area contributed by atoms with Gasteiger partial charge in [-0.3, -0.25) is 14.9 Å². The fraction of sp³-hybridized carbons (Fsp3) is 0.227. The van der Waals surface area contributed by atoms with Gasteiger partial charge in [-0.05, 0) is 32.4 Å². The zero-order chi connectivity index (χ0) is 21.4. The van der Waals surface area contributed by atoms with Crippen molar-refractivity contribution in [2.24, 2.45) is 0 Å². The Bertz CT molecular complexity index is 1270. The number of nitrogens with zero attached hydrogens (tertiary/aromatic N) is 4. The maximum absolute atomic E-state index is 13.2. The number of pyridine rings is 1. The molecule has 30 heavy (non-hydrogen) atoms. The molecule has 0 saturated carbocycles. The summed E-state index contributed by atoms with van der Waals surface area (Å²) in [5, 5.41) is 9.94. The second-order valence-corrected chi connectivity index (χ2v) is 8.20. The first kappa shape index (κ1) is 19.9. The average molecular weight is 420 g/mol. The van der Waals surface area contributed by atoms with Crippen LogP contribution in [0.1, 0.15) is 53.2 Å². The van der Waals surface area contributed by atoms with E-state index in [9.17, 15) is 9.59 Å². The smallest absolute Gasteiger partial charge is 0.258 e. The lowest BCUT2D eigenvalue weighted by atomic mass is 10.0. The molecule has 8 heteroatoms. The molecule has 152 valence electrons. The summed E-state index contributed by atoms with van der Waals surface area (Å²) in [6, 6.07) is 9.80. The van der Waals surface area contributed by atoms with Crippen LogP contribution in [-0.2, 0) is 0 Å². The number of rotatable bonds is 5. The van der Waals surface area contributed by atoms with E-state index in [-0.39, 0.29) is 17.7 Å². The predicted octanol–water partition coefficient (Wildman–Crippen LogP) is 4.90. The highest BCUT2D eigenvalue weighted by molar-refractivity contribution is 7.14. The van der Waals surface area contributed by atoms with Crippen LogP contribution < -0.4 is 5.32 Å². The maximum atomic E-state index is 13.2. The molecule has 4 aromatic rings. The van der Waals surface area contributed by atoms with Crippen LogP contribution in [0.25, 0.3) is 22.3 Å². The van der Waals surface area contributed by atoms with E-state index in [0.717, 1.165) is 11.1 Å². The summed E-state index contributed by atoms with van der Waals surface area (Å²) in [5.74, 6) is -0.455. The summed E-state index contributed by atoms with van der Waals surface area (Å²) < 4.78 is 1.81. The van der Waals surface area contributed by atoms with Crippen LogP contribution in [0.3, 0.4) is 0 Å². The highest BCUT2D eigenvalue weighted by Crippen LogP contribution is 2.29. The van der Waals surface area contributed by atoms with Crippen LogP contribution in [0, 0.1) is 6.92 Å². The van der Waals surface area contributed by atoms with Crippen molar-refractivity contribution in [2.75, 3.05) is 5.32 Å². The Morgan fingerprint density at radius 1 is 1.17 bits per heavy atom. The summed E-state index contributed by atoms with van der Waals surface area (Å²) in [6.07, 6.45) is 1.67. The van der Waals surface area contributed by atoms with E-state index in [1.54, 1.807) is 17.6 Å². The Labute approximate surface area is 177 Å². The van der Waals surface area contributed by atoms with Crippen LogP contribution >= 0.6 is 11.3 Å². The number of aryl methyl sites for hydroxylation is 1. The van der Waals surface area contributed by atoms with Gasteiger partial charge in [0.25, 0.3) is 5.91 Å². The number of anilines is 1. The molecule has 0 atom stereocenters. The lowest BCUT2D eigenvalue weighted by molar-refractivity contribution is 0.100. The van der Waals surface area contributed by atoms with Crippen molar-refractivity contribution in [3.8, 4) is 11.3 Å². The molecule has 1 amide bonds. The van der Waals surface area contributed by atoms with Gasteiger partial charge in [0.05, 0.1) is 22.8 Å². The van der Waals surface area contributed by atoms with Gasteiger partial charge in [-0.25, -0.2) is 14.6 Å². The summed E-state index contributed by atoms with van der Waals surface area (Å²) in [7, 11) is 0. The Hall–Kier alpha value is -3.39. The number of carbonyl (C=O) groups is 2. The average Bonchev–Trinajstić information content (AvgIpc) is 3.34. The highest BCUT2D eigenvalue weighted by Gasteiger charge is 2.20. The van der Waals surface area contributed by atoms with Crippen molar-refractivity contribution >= 4 is 39.2 Å². The molecule has 0 saturated heterocycles. The van der Waals surface area contributed by atoms with Gasteiger partial charge in [0.15, 0.2) is 16.6 Å². The fourth-order valence-corrected chi connectivity index (χ4v) is 3.98. The van der Waals surface area contributed by atoms with Gasteiger partial charge in [0.2, 0.25) is 0 Å². The first-order valence-electron chi connectivity index (χ1n) is 9.57. The number of thiazole rings is 1. The van der Waals surface area contributed by atoms with Crippen LogP contribution in [0.4, 0.5) is 5.13 Å². The Morgan fingerprint density at radius 3 is 2.60 bits per heavy atom. The summed E-state index contributed by atoms with van der Waals surface area (Å²) in [4.78, 5) is 33.7. The van der Waals surface area contributed by atoms with Crippen LogP contribution in [0.15, 0.2) is 41.9 Å². The number of ketones is 1. The second-order valence-electron chi connectivity index (χ2n) is 7.34. The maximum Gasteiger partial charge on any atom is 0.258 e. The number of hydrogen-bond acceptors (Lipinski definition) is 6. The molecule has 0 radical (unpaired) electrons. The molecule has 1 N–H and O–H groups in total. The van der Waals surface area contributed by atoms with E-state index in [4.69, 9.17) is 4.98 Å². The highest BCUT2D eigenvalue weighted by atomic mass is 32.1. The molecule has 7 nitrogen and oxygen atoms in total. The topological polar surface area (TPSA) is 89.8 Å². The summed E-state index contributed by atoms with van der Waals surface area (Å²) in [5.41, 5.74) is 4.18. The molecule has 0 bridgehead atoms. The number of benzene rings is 1. The lowest BCUT2D eigenvalue weighted by Gasteiger charge is -2.11. The van der Waals surface area contributed by atoms with Crippen LogP contribution in [0.2, 0.25) is 0 Å².